The molecule has 5 nitrogen and oxygen atoms in total. The second-order valence-corrected chi connectivity index (χ2v) is 3.88. The number of methoxy groups -OCH3 is 1. The Hall–Kier alpha value is -1.95. The first-order valence-corrected chi connectivity index (χ1v) is 5.70. The van der Waals surface area contributed by atoms with E-state index in [1.54, 1.807) is 18.2 Å². The van der Waals surface area contributed by atoms with Crippen molar-refractivity contribution in [3.8, 4) is 0 Å². The van der Waals surface area contributed by atoms with Crippen molar-refractivity contribution < 1.29 is 23.5 Å². The largest absolute Gasteiger partial charge is 0.467 e. The molecular formula is C13H16FNO4. The molecule has 1 aromatic carbocycles. The summed E-state index contributed by atoms with van der Waals surface area (Å²) in [6.45, 7) is 1.22. The zero-order chi connectivity index (χ0) is 14.3. The van der Waals surface area contributed by atoms with Gasteiger partial charge in [0.05, 0.1) is 20.3 Å². The van der Waals surface area contributed by atoms with Crippen molar-refractivity contribution in [3.05, 3.63) is 35.6 Å². The minimum Gasteiger partial charge on any atom is -0.467 e. The van der Waals surface area contributed by atoms with Gasteiger partial charge in [-0.15, -0.1) is 0 Å². The lowest BCUT2D eigenvalue weighted by molar-refractivity contribution is -0.146. The van der Waals surface area contributed by atoms with E-state index in [1.165, 1.54) is 20.1 Å². The number of hydrogen-bond donors (Lipinski definition) is 1. The molecule has 1 atom stereocenters. The second kappa shape index (κ2) is 7.48. The number of carbonyl (C=O) groups excluding carboxylic acids is 2. The minimum atomic E-state index is -0.894. The average Bonchev–Trinajstić information content (AvgIpc) is 2.38. The number of nitrogens with one attached hydrogen (secondary N) is 1. The maximum atomic E-state index is 13.3. The van der Waals surface area contributed by atoms with Gasteiger partial charge < -0.3 is 14.8 Å². The van der Waals surface area contributed by atoms with Crippen LogP contribution < -0.4 is 5.32 Å². The van der Waals surface area contributed by atoms with E-state index in [9.17, 15) is 14.0 Å². The summed E-state index contributed by atoms with van der Waals surface area (Å²) < 4.78 is 23.1. The molecule has 104 valence electrons. The zero-order valence-electron chi connectivity index (χ0n) is 10.8. The fourth-order valence-electron chi connectivity index (χ4n) is 1.46. The van der Waals surface area contributed by atoms with E-state index in [2.05, 4.69) is 10.1 Å². The number of rotatable bonds is 6. The predicted molar refractivity (Wildman–Crippen MR) is 65.7 cm³/mol. The summed E-state index contributed by atoms with van der Waals surface area (Å²) in [4.78, 5) is 22.3. The maximum absolute atomic E-state index is 13.3. The van der Waals surface area contributed by atoms with Crippen LogP contribution in [0.2, 0.25) is 0 Å². The van der Waals surface area contributed by atoms with Gasteiger partial charge in [-0.25, -0.2) is 9.18 Å². The zero-order valence-corrected chi connectivity index (χ0v) is 10.8. The van der Waals surface area contributed by atoms with Gasteiger partial charge in [-0.3, -0.25) is 4.79 Å². The number of benzene rings is 1. The van der Waals surface area contributed by atoms with Crippen molar-refractivity contribution in [1.82, 2.24) is 5.32 Å². The molecule has 1 aromatic rings. The van der Waals surface area contributed by atoms with E-state index in [4.69, 9.17) is 4.74 Å². The minimum absolute atomic E-state index is 0.0136. The Kier molecular flexibility index (Phi) is 5.95. The molecule has 0 aliphatic carbocycles. The molecule has 19 heavy (non-hydrogen) atoms. The first-order valence-electron chi connectivity index (χ1n) is 5.70. The van der Waals surface area contributed by atoms with Crippen LogP contribution in [0.25, 0.3) is 0 Å². The first kappa shape index (κ1) is 15.1. The van der Waals surface area contributed by atoms with Crippen molar-refractivity contribution in [2.45, 2.75) is 19.6 Å². The standard InChI is InChI=1S/C13H16FNO4/c1-9(16)15-12(13(17)18-2)8-19-7-10-5-3-4-6-11(10)14/h3-6,12H,7-8H2,1-2H3,(H,15,16). The lowest BCUT2D eigenvalue weighted by Crippen LogP contribution is -2.43. The molecule has 0 fully saturated rings. The Bertz CT molecular complexity index is 450. The third kappa shape index (κ3) is 5.05. The summed E-state index contributed by atoms with van der Waals surface area (Å²) in [5.74, 6) is -1.36. The molecule has 6 heteroatoms. The third-order valence-corrected chi connectivity index (χ3v) is 2.36. The molecule has 0 spiro atoms. The van der Waals surface area contributed by atoms with Crippen LogP contribution in [0.5, 0.6) is 0 Å². The van der Waals surface area contributed by atoms with Crippen LogP contribution >= 0.6 is 0 Å². The normalized spacial score (nSPS) is 11.7. The average molecular weight is 269 g/mol. The summed E-state index contributed by atoms with van der Waals surface area (Å²) in [6.07, 6.45) is 0. The van der Waals surface area contributed by atoms with Gasteiger partial charge in [-0.1, -0.05) is 18.2 Å². The SMILES string of the molecule is COC(=O)C(COCc1ccccc1F)NC(C)=O. The molecule has 0 aliphatic rings. The fourth-order valence-corrected chi connectivity index (χ4v) is 1.46. The van der Waals surface area contributed by atoms with Gasteiger partial charge in [-0.05, 0) is 6.07 Å². The molecule has 1 amide bonds. The molecule has 1 rings (SSSR count). The molecule has 1 N–H and O–H groups in total. The monoisotopic (exact) mass is 269 g/mol. The van der Waals surface area contributed by atoms with Gasteiger partial charge in [-0.2, -0.15) is 0 Å². The van der Waals surface area contributed by atoms with Crippen LogP contribution in [0.1, 0.15) is 12.5 Å². The quantitative estimate of drug-likeness (QED) is 0.783. The highest BCUT2D eigenvalue weighted by atomic mass is 19.1. The Labute approximate surface area is 110 Å². The molecule has 0 saturated carbocycles. The van der Waals surface area contributed by atoms with E-state index in [0.29, 0.717) is 5.56 Å². The van der Waals surface area contributed by atoms with Gasteiger partial charge in [0.2, 0.25) is 5.91 Å². The molecule has 0 bridgehead atoms. The summed E-state index contributed by atoms with van der Waals surface area (Å²) in [7, 11) is 1.22. The van der Waals surface area contributed by atoms with E-state index >= 15 is 0 Å². The Morgan fingerprint density at radius 3 is 2.63 bits per heavy atom. The molecule has 0 radical (unpaired) electrons. The highest BCUT2D eigenvalue weighted by Crippen LogP contribution is 2.07. The highest BCUT2D eigenvalue weighted by Gasteiger charge is 2.20. The smallest absolute Gasteiger partial charge is 0.330 e. The van der Waals surface area contributed by atoms with Crippen LogP contribution in [-0.2, 0) is 25.7 Å². The maximum Gasteiger partial charge on any atom is 0.330 e. The lowest BCUT2D eigenvalue weighted by Gasteiger charge is -2.15. The summed E-state index contributed by atoms with van der Waals surface area (Å²) in [5, 5.41) is 2.40. The molecule has 1 unspecified atom stereocenters. The second-order valence-electron chi connectivity index (χ2n) is 3.88. The number of amides is 1. The van der Waals surface area contributed by atoms with Crippen LogP contribution in [0, 0.1) is 5.82 Å². The van der Waals surface area contributed by atoms with Gasteiger partial charge in [0.1, 0.15) is 5.82 Å². The van der Waals surface area contributed by atoms with Crippen molar-refractivity contribution in [2.75, 3.05) is 13.7 Å². The predicted octanol–water partition coefficient (Wildman–Crippen LogP) is 1.02. The number of ether oxygens (including phenoxy) is 2. The number of carbonyl (C=O) groups is 2. The van der Waals surface area contributed by atoms with Crippen molar-refractivity contribution in [2.24, 2.45) is 0 Å². The lowest BCUT2D eigenvalue weighted by atomic mass is 10.2. The van der Waals surface area contributed by atoms with Gasteiger partial charge >= 0.3 is 5.97 Å². The van der Waals surface area contributed by atoms with E-state index in [1.807, 2.05) is 0 Å². The summed E-state index contributed by atoms with van der Waals surface area (Å²) in [5.41, 5.74) is 0.383. The summed E-state index contributed by atoms with van der Waals surface area (Å²) in [6, 6.07) is 5.28. The number of hydrogen-bond acceptors (Lipinski definition) is 4. The summed E-state index contributed by atoms with van der Waals surface area (Å²) >= 11 is 0. The Morgan fingerprint density at radius 2 is 2.05 bits per heavy atom. The van der Waals surface area contributed by atoms with Gasteiger partial charge in [0, 0.05) is 12.5 Å². The van der Waals surface area contributed by atoms with Crippen LogP contribution in [0.15, 0.2) is 24.3 Å². The Balaban J connectivity index is 2.50. The van der Waals surface area contributed by atoms with Gasteiger partial charge in [0.25, 0.3) is 0 Å². The van der Waals surface area contributed by atoms with Crippen molar-refractivity contribution in [3.63, 3.8) is 0 Å². The van der Waals surface area contributed by atoms with Crippen molar-refractivity contribution in [1.29, 1.82) is 0 Å². The molecule has 0 saturated heterocycles. The number of esters is 1. The van der Waals surface area contributed by atoms with Crippen molar-refractivity contribution >= 4 is 11.9 Å². The van der Waals surface area contributed by atoms with Crippen LogP contribution in [0.3, 0.4) is 0 Å². The Morgan fingerprint density at radius 1 is 1.37 bits per heavy atom. The van der Waals surface area contributed by atoms with Gasteiger partial charge in [0.15, 0.2) is 6.04 Å². The van der Waals surface area contributed by atoms with E-state index in [0.717, 1.165) is 0 Å². The fraction of sp³-hybridized carbons (Fsp3) is 0.385. The molecule has 0 heterocycles. The van der Waals surface area contributed by atoms with E-state index in [-0.39, 0.29) is 24.9 Å². The highest BCUT2D eigenvalue weighted by molar-refractivity contribution is 5.83. The van der Waals surface area contributed by atoms with E-state index < -0.39 is 12.0 Å². The topological polar surface area (TPSA) is 64.6 Å². The third-order valence-electron chi connectivity index (χ3n) is 2.36. The molecule has 0 aliphatic heterocycles. The van der Waals surface area contributed by atoms with Crippen LogP contribution in [-0.4, -0.2) is 31.6 Å². The number of halogens is 1. The molecular weight excluding hydrogens is 253 g/mol. The first-order chi connectivity index (χ1) is 9.04. The molecule has 0 aromatic heterocycles. The van der Waals surface area contributed by atoms with Crippen LogP contribution in [0.4, 0.5) is 4.39 Å².